The molecule has 0 N–H and O–H groups in total. The van der Waals surface area contributed by atoms with E-state index < -0.39 is 0 Å². The van der Waals surface area contributed by atoms with E-state index in [1.54, 1.807) is 0 Å². The van der Waals surface area contributed by atoms with Gasteiger partial charge in [0.15, 0.2) is 0 Å². The van der Waals surface area contributed by atoms with Crippen LogP contribution in [0.5, 0.6) is 0 Å². The summed E-state index contributed by atoms with van der Waals surface area (Å²) in [5, 5.41) is 8.36. The molecule has 0 atom stereocenters. The monoisotopic (exact) mass is 378 g/mol. The number of Topliss-reactive ketones (excluding diaryl/α,β-unsaturated/α-hetero) is 1. The number of likely N-dealkylation sites (tertiary alicyclic amines) is 1. The van der Waals surface area contributed by atoms with Gasteiger partial charge in [0, 0.05) is 25.1 Å². The second-order valence-corrected chi connectivity index (χ2v) is 8.63. The van der Waals surface area contributed by atoms with Gasteiger partial charge in [-0.05, 0) is 50.6 Å². The molecule has 1 fully saturated rings. The van der Waals surface area contributed by atoms with Crippen molar-refractivity contribution in [2.45, 2.75) is 66.3 Å². The van der Waals surface area contributed by atoms with Gasteiger partial charge in [-0.1, -0.05) is 32.9 Å². The van der Waals surface area contributed by atoms with Crippen LogP contribution in [-0.2, 0) is 22.5 Å². The minimum absolute atomic E-state index is 0.182. The predicted molar refractivity (Wildman–Crippen MR) is 108 cm³/mol. The number of ketones is 1. The van der Waals surface area contributed by atoms with Crippen molar-refractivity contribution in [2.24, 2.45) is 17.8 Å². The Hall–Kier alpha value is -1.27. The molecule has 1 aromatic heterocycles. The first kappa shape index (κ1) is 22.0. The molecular formula is C21H38N4O2. The number of rotatable bonds is 12. The maximum atomic E-state index is 11.8. The maximum absolute atomic E-state index is 11.8. The van der Waals surface area contributed by atoms with Crippen LogP contribution in [0.15, 0.2) is 6.20 Å². The highest BCUT2D eigenvalue weighted by molar-refractivity contribution is 5.80. The van der Waals surface area contributed by atoms with Crippen LogP contribution in [0.3, 0.4) is 0 Å². The van der Waals surface area contributed by atoms with Crippen LogP contribution in [-0.4, -0.2) is 58.5 Å². The highest BCUT2D eigenvalue weighted by Crippen LogP contribution is 2.22. The Labute approximate surface area is 164 Å². The van der Waals surface area contributed by atoms with Gasteiger partial charge >= 0.3 is 0 Å². The Bertz CT molecular complexity index is 548. The van der Waals surface area contributed by atoms with Gasteiger partial charge in [-0.15, -0.1) is 5.10 Å². The first-order valence-corrected chi connectivity index (χ1v) is 10.7. The lowest BCUT2D eigenvalue weighted by atomic mass is 9.90. The summed E-state index contributed by atoms with van der Waals surface area (Å²) in [6, 6.07) is 0. The van der Waals surface area contributed by atoms with Gasteiger partial charge in [-0.3, -0.25) is 4.79 Å². The van der Waals surface area contributed by atoms with Gasteiger partial charge in [0.05, 0.1) is 25.5 Å². The highest BCUT2D eigenvalue weighted by atomic mass is 16.5. The van der Waals surface area contributed by atoms with Crippen molar-refractivity contribution in [3.05, 3.63) is 11.9 Å². The molecule has 6 nitrogen and oxygen atoms in total. The molecule has 0 spiro atoms. The molecule has 0 aliphatic carbocycles. The van der Waals surface area contributed by atoms with E-state index in [9.17, 15) is 4.79 Å². The van der Waals surface area contributed by atoms with Crippen LogP contribution in [0.25, 0.3) is 0 Å². The van der Waals surface area contributed by atoms with E-state index in [2.05, 4.69) is 29.1 Å². The van der Waals surface area contributed by atoms with Crippen molar-refractivity contribution >= 4 is 5.78 Å². The van der Waals surface area contributed by atoms with E-state index in [4.69, 9.17) is 4.74 Å². The van der Waals surface area contributed by atoms with Gasteiger partial charge in [-0.25, -0.2) is 4.68 Å². The van der Waals surface area contributed by atoms with Gasteiger partial charge in [-0.2, -0.15) is 0 Å². The van der Waals surface area contributed by atoms with Crippen molar-refractivity contribution in [1.29, 1.82) is 0 Å². The molecule has 27 heavy (non-hydrogen) atoms. The van der Waals surface area contributed by atoms with Gasteiger partial charge < -0.3 is 9.64 Å². The van der Waals surface area contributed by atoms with Gasteiger partial charge in [0.25, 0.3) is 0 Å². The average molecular weight is 379 g/mol. The molecule has 2 rings (SSSR count). The van der Waals surface area contributed by atoms with Gasteiger partial charge in [0.1, 0.15) is 5.78 Å². The van der Waals surface area contributed by atoms with Crippen LogP contribution in [0.4, 0.5) is 0 Å². The van der Waals surface area contributed by atoms with Crippen LogP contribution in [0.2, 0.25) is 0 Å². The number of hydrogen-bond acceptors (Lipinski definition) is 5. The van der Waals surface area contributed by atoms with E-state index in [1.165, 1.54) is 12.8 Å². The van der Waals surface area contributed by atoms with Crippen LogP contribution < -0.4 is 0 Å². The first-order chi connectivity index (χ1) is 12.9. The predicted octanol–water partition coefficient (Wildman–Crippen LogP) is 3.21. The van der Waals surface area contributed by atoms with E-state index in [1.807, 2.05) is 24.7 Å². The Morgan fingerprint density at radius 3 is 2.56 bits per heavy atom. The lowest BCUT2D eigenvalue weighted by molar-refractivity contribution is -0.122. The minimum atomic E-state index is 0.182. The van der Waals surface area contributed by atoms with Crippen molar-refractivity contribution in [1.82, 2.24) is 19.9 Å². The van der Waals surface area contributed by atoms with E-state index >= 15 is 0 Å². The first-order valence-electron chi connectivity index (χ1n) is 10.7. The number of carbonyl (C=O) groups excluding carboxylic acids is 1. The lowest BCUT2D eigenvalue weighted by Crippen LogP contribution is -2.36. The molecule has 0 unspecified atom stereocenters. The molecule has 154 valence electrons. The molecule has 0 saturated carbocycles. The molecule has 1 aliphatic heterocycles. The quantitative estimate of drug-likeness (QED) is 0.523. The second-order valence-electron chi connectivity index (χ2n) is 8.63. The van der Waals surface area contributed by atoms with Crippen molar-refractivity contribution in [2.75, 3.05) is 32.8 Å². The topological polar surface area (TPSA) is 60.2 Å². The Kier molecular flexibility index (Phi) is 9.42. The molecule has 0 aromatic carbocycles. The number of hydrogen-bond donors (Lipinski definition) is 0. The summed E-state index contributed by atoms with van der Waals surface area (Å²) in [4.78, 5) is 14.2. The summed E-state index contributed by atoms with van der Waals surface area (Å²) < 4.78 is 7.66. The summed E-state index contributed by atoms with van der Waals surface area (Å²) >= 11 is 0. The molecule has 1 aliphatic rings. The molecule has 0 amide bonds. The Balaban J connectivity index is 1.51. The van der Waals surface area contributed by atoms with Gasteiger partial charge in [0.2, 0.25) is 0 Å². The lowest BCUT2D eigenvalue weighted by Gasteiger charge is -2.31. The number of aromatic nitrogens is 3. The molecule has 1 saturated heterocycles. The second kappa shape index (κ2) is 11.5. The molecule has 6 heteroatoms. The summed E-state index contributed by atoms with van der Waals surface area (Å²) in [5.41, 5.74) is 1.06. The van der Waals surface area contributed by atoms with E-state index in [0.29, 0.717) is 18.3 Å². The molecule has 0 bridgehead atoms. The fraction of sp³-hybridized carbons (Fsp3) is 0.857. The largest absolute Gasteiger partial charge is 0.378 e. The summed E-state index contributed by atoms with van der Waals surface area (Å²) in [5.74, 6) is 1.92. The Morgan fingerprint density at radius 2 is 1.89 bits per heavy atom. The fourth-order valence-corrected chi connectivity index (χ4v) is 3.55. The van der Waals surface area contributed by atoms with Crippen LogP contribution >= 0.6 is 0 Å². The third-order valence-electron chi connectivity index (χ3n) is 5.37. The number of ether oxygens (including phenoxy) is 1. The maximum Gasteiger partial charge on any atom is 0.135 e. The SMILES string of the molecule is CC(C)Cc1cn(CCOCCN2CCC(CCC(=O)C(C)C)CC2)nn1. The average Bonchev–Trinajstić information content (AvgIpc) is 3.06. The standard InChI is InChI=1S/C21H38N4O2/c1-17(2)15-20-16-25(23-22-20)12-14-27-13-11-24-9-7-19(8-10-24)5-6-21(26)18(3)4/h16-19H,5-15H2,1-4H3. The zero-order chi connectivity index (χ0) is 19.6. The van der Waals surface area contributed by atoms with Crippen LogP contribution in [0, 0.1) is 17.8 Å². The minimum Gasteiger partial charge on any atom is -0.378 e. The normalized spacial score (nSPS) is 16.5. The van der Waals surface area contributed by atoms with Crippen LogP contribution in [0.1, 0.15) is 59.1 Å². The van der Waals surface area contributed by atoms with Crippen molar-refractivity contribution < 1.29 is 9.53 Å². The fourth-order valence-electron chi connectivity index (χ4n) is 3.55. The third kappa shape index (κ3) is 8.52. The molecular weight excluding hydrogens is 340 g/mol. The molecule has 1 aromatic rings. The van der Waals surface area contributed by atoms with E-state index in [0.717, 1.165) is 63.7 Å². The third-order valence-corrected chi connectivity index (χ3v) is 5.37. The highest BCUT2D eigenvalue weighted by Gasteiger charge is 2.20. The molecule has 0 radical (unpaired) electrons. The molecule has 2 heterocycles. The van der Waals surface area contributed by atoms with E-state index in [-0.39, 0.29) is 5.92 Å². The summed E-state index contributed by atoms with van der Waals surface area (Å²) in [7, 11) is 0. The summed E-state index contributed by atoms with van der Waals surface area (Å²) in [6.45, 7) is 13.8. The zero-order valence-electron chi connectivity index (χ0n) is 17.7. The number of carbonyl (C=O) groups is 1. The smallest absolute Gasteiger partial charge is 0.135 e. The van der Waals surface area contributed by atoms with Crippen molar-refractivity contribution in [3.8, 4) is 0 Å². The van der Waals surface area contributed by atoms with Crippen molar-refractivity contribution in [3.63, 3.8) is 0 Å². The summed E-state index contributed by atoms with van der Waals surface area (Å²) in [6.07, 6.45) is 7.25. The number of nitrogens with zero attached hydrogens (tertiary/aromatic N) is 4. The number of piperidine rings is 1. The Morgan fingerprint density at radius 1 is 1.19 bits per heavy atom. The zero-order valence-corrected chi connectivity index (χ0v) is 17.7.